The fraction of sp³-hybridized carbons (Fsp3) is 0.167. The van der Waals surface area contributed by atoms with Crippen LogP contribution < -0.4 is 5.32 Å². The van der Waals surface area contributed by atoms with Crippen LogP contribution in [0.15, 0.2) is 60.7 Å². The highest BCUT2D eigenvalue weighted by atomic mass is 32.1. The maximum absolute atomic E-state index is 12.5. The predicted octanol–water partition coefficient (Wildman–Crippen LogP) is 4.34. The summed E-state index contributed by atoms with van der Waals surface area (Å²) >= 11 is 1.38. The number of benzene rings is 2. The van der Waals surface area contributed by atoms with E-state index in [0.29, 0.717) is 5.13 Å². The van der Waals surface area contributed by atoms with Crippen molar-refractivity contribution in [1.29, 1.82) is 0 Å². The van der Waals surface area contributed by atoms with Crippen molar-refractivity contribution in [1.82, 2.24) is 10.2 Å². The molecule has 0 aliphatic carbocycles. The van der Waals surface area contributed by atoms with Crippen molar-refractivity contribution in [3.63, 3.8) is 0 Å². The molecule has 1 atom stereocenters. The second-order valence-electron chi connectivity index (χ2n) is 5.14. The van der Waals surface area contributed by atoms with Crippen LogP contribution in [0.4, 0.5) is 5.13 Å². The Bertz CT molecular complexity index is 771. The third-order valence-corrected chi connectivity index (χ3v) is 4.49. The van der Waals surface area contributed by atoms with Crippen LogP contribution in [-0.4, -0.2) is 16.1 Å². The van der Waals surface area contributed by atoms with E-state index in [0.717, 1.165) is 22.6 Å². The van der Waals surface area contributed by atoms with Crippen molar-refractivity contribution in [2.45, 2.75) is 19.3 Å². The van der Waals surface area contributed by atoms with Gasteiger partial charge in [-0.05, 0) is 12.0 Å². The van der Waals surface area contributed by atoms with Crippen LogP contribution in [0, 0.1) is 0 Å². The lowest BCUT2D eigenvalue weighted by molar-refractivity contribution is -0.117. The number of hydrogen-bond donors (Lipinski definition) is 1. The maximum Gasteiger partial charge on any atom is 0.233 e. The van der Waals surface area contributed by atoms with Gasteiger partial charge in [0.15, 0.2) is 0 Å². The number of hydrogen-bond acceptors (Lipinski definition) is 4. The molecule has 4 nitrogen and oxygen atoms in total. The highest BCUT2D eigenvalue weighted by Crippen LogP contribution is 2.27. The van der Waals surface area contributed by atoms with Crippen molar-refractivity contribution >= 4 is 22.4 Å². The largest absolute Gasteiger partial charge is 0.300 e. The normalized spacial score (nSPS) is 11.9. The molecule has 0 bridgehead atoms. The minimum absolute atomic E-state index is 0.0468. The fourth-order valence-electron chi connectivity index (χ4n) is 2.42. The molecule has 0 fully saturated rings. The van der Waals surface area contributed by atoms with E-state index in [4.69, 9.17) is 0 Å². The van der Waals surface area contributed by atoms with Gasteiger partial charge >= 0.3 is 0 Å². The Balaban J connectivity index is 1.74. The monoisotopic (exact) mass is 323 g/mol. The van der Waals surface area contributed by atoms with Gasteiger partial charge in [0, 0.05) is 5.56 Å². The number of carbonyl (C=O) groups excluding carboxylic acids is 1. The smallest absolute Gasteiger partial charge is 0.233 e. The molecule has 3 aromatic rings. The molecule has 0 saturated carbocycles. The average Bonchev–Trinajstić information content (AvgIpc) is 3.06. The van der Waals surface area contributed by atoms with Crippen LogP contribution in [0.1, 0.15) is 24.8 Å². The van der Waals surface area contributed by atoms with Crippen molar-refractivity contribution in [3.05, 3.63) is 66.2 Å². The van der Waals surface area contributed by atoms with E-state index in [1.807, 2.05) is 67.6 Å². The number of carbonyl (C=O) groups is 1. The molecule has 1 N–H and O–H groups in total. The molecule has 2 aromatic carbocycles. The van der Waals surface area contributed by atoms with Gasteiger partial charge in [-0.2, -0.15) is 0 Å². The van der Waals surface area contributed by atoms with Crippen LogP contribution in [0.5, 0.6) is 0 Å². The maximum atomic E-state index is 12.5. The summed E-state index contributed by atoms with van der Waals surface area (Å²) in [6.45, 7) is 2.01. The van der Waals surface area contributed by atoms with Gasteiger partial charge in [0.05, 0.1) is 5.92 Å². The first-order chi connectivity index (χ1) is 11.3. The summed E-state index contributed by atoms with van der Waals surface area (Å²) in [5.41, 5.74) is 2.01. The molecule has 1 unspecified atom stereocenters. The number of amides is 1. The first kappa shape index (κ1) is 15.4. The molecule has 1 heterocycles. The number of nitrogens with one attached hydrogen (secondary N) is 1. The third kappa shape index (κ3) is 3.63. The molecule has 1 amide bonds. The molecule has 0 spiro atoms. The highest BCUT2D eigenvalue weighted by molar-refractivity contribution is 7.18. The van der Waals surface area contributed by atoms with Gasteiger partial charge < -0.3 is 0 Å². The molecule has 0 radical (unpaired) electrons. The van der Waals surface area contributed by atoms with Crippen LogP contribution in [-0.2, 0) is 4.79 Å². The lowest BCUT2D eigenvalue weighted by Gasteiger charge is -2.13. The van der Waals surface area contributed by atoms with E-state index in [1.54, 1.807) is 0 Å². The Kier molecular flexibility index (Phi) is 4.78. The molecular weight excluding hydrogens is 306 g/mol. The quantitative estimate of drug-likeness (QED) is 0.760. The molecule has 0 aliphatic rings. The summed E-state index contributed by atoms with van der Waals surface area (Å²) in [4.78, 5) is 12.5. The zero-order valence-corrected chi connectivity index (χ0v) is 13.6. The molecule has 5 heteroatoms. The Morgan fingerprint density at radius 2 is 1.70 bits per heavy atom. The van der Waals surface area contributed by atoms with Crippen molar-refractivity contribution in [3.8, 4) is 10.6 Å². The van der Waals surface area contributed by atoms with Gasteiger partial charge in [-0.1, -0.05) is 78.9 Å². The second kappa shape index (κ2) is 7.15. The summed E-state index contributed by atoms with van der Waals surface area (Å²) in [7, 11) is 0. The molecular formula is C18H17N3OS. The van der Waals surface area contributed by atoms with Gasteiger partial charge in [-0.25, -0.2) is 0 Å². The van der Waals surface area contributed by atoms with E-state index < -0.39 is 0 Å². The Hall–Kier alpha value is -2.53. The number of anilines is 1. The van der Waals surface area contributed by atoms with Crippen LogP contribution in [0.2, 0.25) is 0 Å². The van der Waals surface area contributed by atoms with Gasteiger partial charge in [-0.15, -0.1) is 10.2 Å². The first-order valence-corrected chi connectivity index (χ1v) is 8.34. The Morgan fingerprint density at radius 3 is 2.35 bits per heavy atom. The van der Waals surface area contributed by atoms with E-state index in [2.05, 4.69) is 15.5 Å². The molecule has 23 heavy (non-hydrogen) atoms. The lowest BCUT2D eigenvalue weighted by atomic mass is 9.96. The molecule has 3 rings (SSSR count). The SMILES string of the molecule is CCC(C(=O)Nc1nnc(-c2ccccc2)s1)c1ccccc1. The van der Waals surface area contributed by atoms with Gasteiger partial charge in [0.25, 0.3) is 0 Å². The van der Waals surface area contributed by atoms with Crippen LogP contribution >= 0.6 is 11.3 Å². The zero-order valence-electron chi connectivity index (χ0n) is 12.8. The zero-order chi connectivity index (χ0) is 16.1. The molecule has 0 saturated heterocycles. The number of nitrogens with zero attached hydrogens (tertiary/aromatic N) is 2. The lowest BCUT2D eigenvalue weighted by Crippen LogP contribution is -2.20. The average molecular weight is 323 g/mol. The number of aromatic nitrogens is 2. The standard InChI is InChI=1S/C18H17N3OS/c1-2-15(13-9-5-3-6-10-13)16(22)19-18-21-20-17(23-18)14-11-7-4-8-12-14/h3-12,15H,2H2,1H3,(H,19,21,22). The number of rotatable bonds is 5. The van der Waals surface area contributed by atoms with Gasteiger partial charge in [-0.3, -0.25) is 10.1 Å². The molecule has 0 aliphatic heterocycles. The van der Waals surface area contributed by atoms with E-state index in [9.17, 15) is 4.79 Å². The Morgan fingerprint density at radius 1 is 1.04 bits per heavy atom. The van der Waals surface area contributed by atoms with Crippen molar-refractivity contribution < 1.29 is 4.79 Å². The van der Waals surface area contributed by atoms with Crippen LogP contribution in [0.3, 0.4) is 0 Å². The molecule has 116 valence electrons. The van der Waals surface area contributed by atoms with E-state index >= 15 is 0 Å². The molecule has 1 aromatic heterocycles. The summed E-state index contributed by atoms with van der Waals surface area (Å²) in [6.07, 6.45) is 0.736. The topological polar surface area (TPSA) is 54.9 Å². The minimum atomic E-state index is -0.180. The van der Waals surface area contributed by atoms with Crippen LogP contribution in [0.25, 0.3) is 10.6 Å². The summed E-state index contributed by atoms with van der Waals surface area (Å²) < 4.78 is 0. The van der Waals surface area contributed by atoms with E-state index in [-0.39, 0.29) is 11.8 Å². The van der Waals surface area contributed by atoms with Gasteiger partial charge in [0.2, 0.25) is 11.0 Å². The highest BCUT2D eigenvalue weighted by Gasteiger charge is 2.20. The van der Waals surface area contributed by atoms with E-state index in [1.165, 1.54) is 11.3 Å². The van der Waals surface area contributed by atoms with Gasteiger partial charge in [0.1, 0.15) is 5.01 Å². The second-order valence-corrected chi connectivity index (χ2v) is 6.12. The summed E-state index contributed by atoms with van der Waals surface area (Å²) in [5, 5.41) is 12.4. The van der Waals surface area contributed by atoms with Crippen molar-refractivity contribution in [2.75, 3.05) is 5.32 Å². The minimum Gasteiger partial charge on any atom is -0.300 e. The predicted molar refractivity (Wildman–Crippen MR) is 93.4 cm³/mol. The van der Waals surface area contributed by atoms with Crippen molar-refractivity contribution in [2.24, 2.45) is 0 Å². The summed E-state index contributed by atoms with van der Waals surface area (Å²) in [5.74, 6) is -0.227. The summed E-state index contributed by atoms with van der Waals surface area (Å²) in [6, 6.07) is 19.6. The third-order valence-electron chi connectivity index (χ3n) is 3.60. The Labute approximate surface area is 139 Å². The fourth-order valence-corrected chi connectivity index (χ4v) is 3.17. The first-order valence-electron chi connectivity index (χ1n) is 7.52.